The second-order valence-electron chi connectivity index (χ2n) is 4.82. The van der Waals surface area contributed by atoms with Crippen molar-refractivity contribution in [3.63, 3.8) is 0 Å². The van der Waals surface area contributed by atoms with Gasteiger partial charge in [-0.05, 0) is 34.3 Å². The summed E-state index contributed by atoms with van der Waals surface area (Å²) in [5.41, 5.74) is -0.151. The zero-order valence-electron chi connectivity index (χ0n) is 10.2. The Balaban J connectivity index is 2.92. The first kappa shape index (κ1) is 13.7. The lowest BCUT2D eigenvalue weighted by Crippen LogP contribution is -2.35. The first-order valence-electron chi connectivity index (χ1n) is 5.40. The Labute approximate surface area is 105 Å². The SMILES string of the molecule is CCOC(C(O)c1occc1Br)C(C)(C)C. The van der Waals surface area contributed by atoms with Crippen LogP contribution in [0.3, 0.4) is 0 Å². The van der Waals surface area contributed by atoms with Crippen molar-refractivity contribution < 1.29 is 14.3 Å². The van der Waals surface area contributed by atoms with Crippen LogP contribution < -0.4 is 0 Å². The highest BCUT2D eigenvalue weighted by molar-refractivity contribution is 9.10. The molecule has 0 aromatic carbocycles. The van der Waals surface area contributed by atoms with E-state index in [0.717, 1.165) is 4.47 Å². The molecule has 0 saturated heterocycles. The number of rotatable bonds is 4. The van der Waals surface area contributed by atoms with Gasteiger partial charge in [-0.1, -0.05) is 20.8 Å². The highest BCUT2D eigenvalue weighted by Crippen LogP contribution is 2.35. The van der Waals surface area contributed by atoms with Crippen molar-refractivity contribution in [2.75, 3.05) is 6.61 Å². The molecule has 1 aromatic heterocycles. The molecule has 1 aromatic rings. The number of hydrogen-bond acceptors (Lipinski definition) is 3. The normalized spacial score (nSPS) is 16.1. The van der Waals surface area contributed by atoms with Gasteiger partial charge in [0.1, 0.15) is 11.9 Å². The maximum atomic E-state index is 10.3. The smallest absolute Gasteiger partial charge is 0.149 e. The lowest BCUT2D eigenvalue weighted by molar-refractivity contribution is -0.0966. The lowest BCUT2D eigenvalue weighted by atomic mass is 9.85. The van der Waals surface area contributed by atoms with Crippen molar-refractivity contribution in [2.24, 2.45) is 5.41 Å². The first-order chi connectivity index (χ1) is 7.38. The molecule has 1 rings (SSSR count). The highest BCUT2D eigenvalue weighted by atomic mass is 79.9. The number of aliphatic hydroxyl groups excluding tert-OH is 1. The van der Waals surface area contributed by atoms with Gasteiger partial charge in [-0.15, -0.1) is 0 Å². The third kappa shape index (κ3) is 3.09. The molecule has 4 heteroatoms. The van der Waals surface area contributed by atoms with Gasteiger partial charge in [0.2, 0.25) is 0 Å². The number of hydrogen-bond donors (Lipinski definition) is 1. The summed E-state index contributed by atoms with van der Waals surface area (Å²) in [4.78, 5) is 0. The number of aliphatic hydroxyl groups is 1. The van der Waals surface area contributed by atoms with E-state index < -0.39 is 6.10 Å². The molecular formula is C12H19BrO3. The molecule has 3 nitrogen and oxygen atoms in total. The summed E-state index contributed by atoms with van der Waals surface area (Å²) in [5.74, 6) is 0.522. The van der Waals surface area contributed by atoms with Crippen LogP contribution in [-0.4, -0.2) is 17.8 Å². The summed E-state index contributed by atoms with van der Waals surface area (Å²) >= 11 is 3.34. The minimum atomic E-state index is -0.760. The summed E-state index contributed by atoms with van der Waals surface area (Å²) in [5, 5.41) is 10.3. The van der Waals surface area contributed by atoms with Gasteiger partial charge >= 0.3 is 0 Å². The van der Waals surface area contributed by atoms with E-state index >= 15 is 0 Å². The predicted octanol–water partition coefficient (Wildman–Crippen LogP) is 3.53. The van der Waals surface area contributed by atoms with Gasteiger partial charge in [-0.3, -0.25) is 0 Å². The van der Waals surface area contributed by atoms with Crippen LogP contribution >= 0.6 is 15.9 Å². The summed E-state index contributed by atoms with van der Waals surface area (Å²) in [6.45, 7) is 8.59. The van der Waals surface area contributed by atoms with Crippen LogP contribution in [0.4, 0.5) is 0 Å². The van der Waals surface area contributed by atoms with Gasteiger partial charge in [0.25, 0.3) is 0 Å². The van der Waals surface area contributed by atoms with Gasteiger partial charge in [0.05, 0.1) is 16.8 Å². The Morgan fingerprint density at radius 1 is 1.50 bits per heavy atom. The second-order valence-corrected chi connectivity index (χ2v) is 5.67. The highest BCUT2D eigenvalue weighted by Gasteiger charge is 2.35. The molecule has 0 aliphatic rings. The fourth-order valence-corrected chi connectivity index (χ4v) is 2.08. The summed E-state index contributed by atoms with van der Waals surface area (Å²) in [6.07, 6.45) is 0.498. The quantitative estimate of drug-likeness (QED) is 0.922. The maximum absolute atomic E-state index is 10.3. The number of ether oxygens (including phenoxy) is 1. The van der Waals surface area contributed by atoms with Gasteiger partial charge in [-0.2, -0.15) is 0 Å². The van der Waals surface area contributed by atoms with E-state index in [1.807, 2.05) is 27.7 Å². The van der Waals surface area contributed by atoms with Crippen LogP contribution in [0.1, 0.15) is 39.6 Å². The fraction of sp³-hybridized carbons (Fsp3) is 0.667. The average Bonchev–Trinajstić information content (AvgIpc) is 2.58. The van der Waals surface area contributed by atoms with Crippen molar-refractivity contribution in [3.8, 4) is 0 Å². The van der Waals surface area contributed by atoms with E-state index in [-0.39, 0.29) is 11.5 Å². The molecule has 0 saturated carbocycles. The molecule has 0 amide bonds. The number of halogens is 1. The Hall–Kier alpha value is -0.320. The van der Waals surface area contributed by atoms with Crippen molar-refractivity contribution in [1.82, 2.24) is 0 Å². The third-order valence-electron chi connectivity index (χ3n) is 2.40. The zero-order chi connectivity index (χ0) is 12.3. The van der Waals surface area contributed by atoms with Crippen LogP contribution in [0.25, 0.3) is 0 Å². The molecule has 0 fully saturated rings. The largest absolute Gasteiger partial charge is 0.465 e. The zero-order valence-corrected chi connectivity index (χ0v) is 11.7. The summed E-state index contributed by atoms with van der Waals surface area (Å²) in [7, 11) is 0. The monoisotopic (exact) mass is 290 g/mol. The predicted molar refractivity (Wildman–Crippen MR) is 66.2 cm³/mol. The van der Waals surface area contributed by atoms with Gasteiger partial charge in [0, 0.05) is 6.61 Å². The maximum Gasteiger partial charge on any atom is 0.149 e. The Kier molecular flexibility index (Phi) is 4.59. The van der Waals surface area contributed by atoms with E-state index in [4.69, 9.17) is 9.15 Å². The molecule has 0 aliphatic carbocycles. The standard InChI is InChI=1S/C12H19BrO3/c1-5-15-11(12(2,3)4)9(14)10-8(13)6-7-16-10/h6-7,9,11,14H,5H2,1-4H3. The Bertz CT molecular complexity index is 327. The van der Waals surface area contributed by atoms with Gasteiger partial charge in [0.15, 0.2) is 0 Å². The Morgan fingerprint density at radius 3 is 2.50 bits per heavy atom. The minimum absolute atomic E-state index is 0.151. The van der Waals surface area contributed by atoms with Crippen molar-refractivity contribution in [1.29, 1.82) is 0 Å². The molecule has 2 atom stereocenters. The molecule has 1 N–H and O–H groups in total. The van der Waals surface area contributed by atoms with Crippen LogP contribution in [-0.2, 0) is 4.74 Å². The van der Waals surface area contributed by atoms with E-state index in [1.54, 1.807) is 12.3 Å². The van der Waals surface area contributed by atoms with Gasteiger partial charge in [-0.25, -0.2) is 0 Å². The minimum Gasteiger partial charge on any atom is -0.465 e. The van der Waals surface area contributed by atoms with Crippen LogP contribution in [0.5, 0.6) is 0 Å². The molecule has 0 aliphatic heterocycles. The molecule has 0 spiro atoms. The van der Waals surface area contributed by atoms with E-state index in [0.29, 0.717) is 12.4 Å². The van der Waals surface area contributed by atoms with Crippen molar-refractivity contribution >= 4 is 15.9 Å². The molecule has 2 unspecified atom stereocenters. The molecule has 1 heterocycles. The molecule has 0 radical (unpaired) electrons. The second kappa shape index (κ2) is 5.34. The number of furan rings is 1. The van der Waals surface area contributed by atoms with Crippen LogP contribution in [0.15, 0.2) is 21.2 Å². The first-order valence-corrected chi connectivity index (χ1v) is 6.19. The van der Waals surface area contributed by atoms with E-state index in [1.165, 1.54) is 0 Å². The van der Waals surface area contributed by atoms with Crippen LogP contribution in [0, 0.1) is 5.41 Å². The third-order valence-corrected chi connectivity index (χ3v) is 3.06. The van der Waals surface area contributed by atoms with E-state index in [9.17, 15) is 5.11 Å². The lowest BCUT2D eigenvalue weighted by Gasteiger charge is -2.33. The topological polar surface area (TPSA) is 42.6 Å². The van der Waals surface area contributed by atoms with Crippen molar-refractivity contribution in [3.05, 3.63) is 22.6 Å². The summed E-state index contributed by atoms with van der Waals surface area (Å²) in [6, 6.07) is 1.77. The fourth-order valence-electron chi connectivity index (χ4n) is 1.65. The van der Waals surface area contributed by atoms with E-state index in [2.05, 4.69) is 15.9 Å². The Morgan fingerprint density at radius 2 is 2.12 bits per heavy atom. The van der Waals surface area contributed by atoms with Crippen molar-refractivity contribution in [2.45, 2.75) is 39.9 Å². The van der Waals surface area contributed by atoms with Gasteiger partial charge < -0.3 is 14.3 Å². The molecular weight excluding hydrogens is 272 g/mol. The average molecular weight is 291 g/mol. The van der Waals surface area contributed by atoms with Crippen LogP contribution in [0.2, 0.25) is 0 Å². The summed E-state index contributed by atoms with van der Waals surface area (Å²) < 4.78 is 11.7. The molecule has 16 heavy (non-hydrogen) atoms. The molecule has 92 valence electrons. The molecule has 0 bridgehead atoms.